The number of methoxy groups -OCH3 is 1. The lowest BCUT2D eigenvalue weighted by molar-refractivity contribution is -0.145. The zero-order valence-electron chi connectivity index (χ0n) is 17.9. The Hall–Kier alpha value is -3.42. The highest BCUT2D eigenvalue weighted by molar-refractivity contribution is 5.84. The van der Waals surface area contributed by atoms with Crippen LogP contribution in [-0.4, -0.2) is 70.3 Å². The maximum absolute atomic E-state index is 12.9. The lowest BCUT2D eigenvalue weighted by Crippen LogP contribution is -2.47. The van der Waals surface area contributed by atoms with Crippen molar-refractivity contribution in [1.82, 2.24) is 20.4 Å². The number of amides is 2. The number of carboxylic acid groups (broad SMARTS) is 1. The van der Waals surface area contributed by atoms with Gasteiger partial charge in [0.25, 0.3) is 0 Å². The molecule has 0 radical (unpaired) electrons. The molecule has 1 unspecified atom stereocenters. The molecule has 1 aliphatic rings. The third-order valence-corrected chi connectivity index (χ3v) is 4.99. The second-order valence-electron chi connectivity index (χ2n) is 7.36. The number of hydrogen-bond acceptors (Lipinski definition) is 9. The number of urea groups is 1. The number of aliphatic imine (C=N–C) groups is 1. The molecule has 2 heterocycles. The first-order chi connectivity index (χ1) is 15.2. The predicted octanol–water partition coefficient (Wildman–Crippen LogP) is -0.624. The molecule has 0 bridgehead atoms. The standard InChI is InChI=1S/C18H30N8O6/c1-31-16(29)12-5-3-9-26(12)18(30)23-11(4-2-8-22-17(20)21)15-24-14(25-32-15)10(19)6-7-13(27)28/h10-12H,2-9,19H2,1H3,(H,23,30)(H,27,28)(H4,20,21,22)/t10-,11?,12+/m0/s1. The molecular weight excluding hydrogens is 424 g/mol. The molecule has 1 fully saturated rings. The second kappa shape index (κ2) is 11.8. The first kappa shape index (κ1) is 24.8. The van der Waals surface area contributed by atoms with Crippen molar-refractivity contribution in [2.24, 2.45) is 22.2 Å². The van der Waals surface area contributed by atoms with Crippen LogP contribution in [-0.2, 0) is 14.3 Å². The van der Waals surface area contributed by atoms with E-state index in [1.54, 1.807) is 0 Å². The molecule has 0 aromatic carbocycles. The lowest BCUT2D eigenvalue weighted by Gasteiger charge is -2.25. The number of carboxylic acids is 1. The monoisotopic (exact) mass is 454 g/mol. The number of aliphatic carboxylic acids is 1. The van der Waals surface area contributed by atoms with Gasteiger partial charge in [0, 0.05) is 19.5 Å². The molecule has 0 spiro atoms. The highest BCUT2D eigenvalue weighted by atomic mass is 16.5. The Morgan fingerprint density at radius 2 is 2.12 bits per heavy atom. The van der Waals surface area contributed by atoms with Gasteiger partial charge >= 0.3 is 18.0 Å². The van der Waals surface area contributed by atoms with Gasteiger partial charge in [-0.25, -0.2) is 9.59 Å². The minimum absolute atomic E-state index is 0.0481. The Bertz CT molecular complexity index is 824. The van der Waals surface area contributed by atoms with Crippen LogP contribution < -0.4 is 22.5 Å². The number of carbonyl (C=O) groups excluding carboxylic acids is 2. The summed E-state index contributed by atoms with van der Waals surface area (Å²) in [7, 11) is 1.27. The third kappa shape index (κ3) is 7.08. The number of guanidine groups is 1. The number of nitrogens with two attached hydrogens (primary N) is 3. The van der Waals surface area contributed by atoms with Crippen molar-refractivity contribution >= 4 is 23.9 Å². The summed E-state index contributed by atoms with van der Waals surface area (Å²) in [5, 5.41) is 15.4. The fourth-order valence-corrected chi connectivity index (χ4v) is 3.33. The van der Waals surface area contributed by atoms with E-state index in [0.717, 1.165) is 0 Å². The van der Waals surface area contributed by atoms with Gasteiger partial charge in [-0.1, -0.05) is 5.16 Å². The van der Waals surface area contributed by atoms with Crippen molar-refractivity contribution in [3.8, 4) is 0 Å². The van der Waals surface area contributed by atoms with Gasteiger partial charge in [-0.3, -0.25) is 9.79 Å². The van der Waals surface area contributed by atoms with Crippen LogP contribution in [0.25, 0.3) is 0 Å². The molecule has 32 heavy (non-hydrogen) atoms. The molecule has 2 amide bonds. The molecular formula is C18H30N8O6. The maximum Gasteiger partial charge on any atom is 0.328 e. The van der Waals surface area contributed by atoms with Crippen LogP contribution in [0.1, 0.15) is 62.3 Å². The topological polar surface area (TPSA) is 225 Å². The first-order valence-electron chi connectivity index (χ1n) is 10.2. The first-order valence-corrected chi connectivity index (χ1v) is 10.2. The summed E-state index contributed by atoms with van der Waals surface area (Å²) < 4.78 is 10.1. The third-order valence-electron chi connectivity index (χ3n) is 4.99. The maximum atomic E-state index is 12.9. The summed E-state index contributed by atoms with van der Waals surface area (Å²) in [6.07, 6.45) is 2.03. The summed E-state index contributed by atoms with van der Waals surface area (Å²) in [6, 6.07) is -2.56. The van der Waals surface area contributed by atoms with E-state index < -0.39 is 36.1 Å². The average Bonchev–Trinajstić information content (AvgIpc) is 3.43. The zero-order chi connectivity index (χ0) is 23.7. The van der Waals surface area contributed by atoms with E-state index in [2.05, 4.69) is 20.4 Å². The van der Waals surface area contributed by atoms with E-state index in [1.807, 2.05) is 0 Å². The van der Waals surface area contributed by atoms with Crippen LogP contribution in [0.5, 0.6) is 0 Å². The molecule has 1 aliphatic heterocycles. The predicted molar refractivity (Wildman–Crippen MR) is 111 cm³/mol. The molecule has 14 nitrogen and oxygen atoms in total. The average molecular weight is 454 g/mol. The fourth-order valence-electron chi connectivity index (χ4n) is 3.33. The van der Waals surface area contributed by atoms with Crippen LogP contribution >= 0.6 is 0 Å². The number of esters is 1. The Morgan fingerprint density at radius 3 is 2.78 bits per heavy atom. The van der Waals surface area contributed by atoms with Gasteiger partial charge in [0.1, 0.15) is 12.1 Å². The highest BCUT2D eigenvalue weighted by Crippen LogP contribution is 2.23. The van der Waals surface area contributed by atoms with Crippen LogP contribution in [0.3, 0.4) is 0 Å². The van der Waals surface area contributed by atoms with Crippen molar-refractivity contribution in [3.63, 3.8) is 0 Å². The Kier molecular flexibility index (Phi) is 9.19. The summed E-state index contributed by atoms with van der Waals surface area (Å²) in [6.45, 7) is 0.726. The van der Waals surface area contributed by atoms with Gasteiger partial charge in [0.2, 0.25) is 5.89 Å². The fraction of sp³-hybridized carbons (Fsp3) is 0.667. The van der Waals surface area contributed by atoms with Gasteiger partial charge in [0.15, 0.2) is 11.8 Å². The summed E-state index contributed by atoms with van der Waals surface area (Å²) in [4.78, 5) is 45.2. The Labute approximate surface area is 184 Å². The van der Waals surface area contributed by atoms with E-state index in [1.165, 1.54) is 12.0 Å². The number of aromatic nitrogens is 2. The summed E-state index contributed by atoms with van der Waals surface area (Å²) in [5.74, 6) is -1.27. The molecule has 1 saturated heterocycles. The highest BCUT2D eigenvalue weighted by Gasteiger charge is 2.36. The number of hydrogen-bond donors (Lipinski definition) is 5. The van der Waals surface area contributed by atoms with Crippen molar-refractivity contribution < 1.29 is 28.8 Å². The van der Waals surface area contributed by atoms with Gasteiger partial charge in [-0.2, -0.15) is 4.98 Å². The van der Waals surface area contributed by atoms with E-state index in [4.69, 9.17) is 31.6 Å². The van der Waals surface area contributed by atoms with Gasteiger partial charge in [-0.05, 0) is 32.1 Å². The van der Waals surface area contributed by atoms with E-state index in [9.17, 15) is 14.4 Å². The molecule has 8 N–H and O–H groups in total. The SMILES string of the molecule is COC(=O)[C@H]1CCCN1C(=O)NC(CCCN=C(N)N)c1nc([C@@H](N)CCC(=O)O)no1. The van der Waals surface area contributed by atoms with Gasteiger partial charge in [-0.15, -0.1) is 0 Å². The molecule has 14 heteroatoms. The largest absolute Gasteiger partial charge is 0.481 e. The molecule has 0 saturated carbocycles. The Morgan fingerprint density at radius 1 is 1.38 bits per heavy atom. The van der Waals surface area contributed by atoms with Crippen LogP contribution in [0, 0.1) is 0 Å². The van der Waals surface area contributed by atoms with E-state index >= 15 is 0 Å². The number of nitrogens with one attached hydrogen (secondary N) is 1. The molecule has 178 valence electrons. The number of ether oxygens (including phenoxy) is 1. The number of carbonyl (C=O) groups is 3. The van der Waals surface area contributed by atoms with E-state index in [0.29, 0.717) is 38.8 Å². The minimum atomic E-state index is -0.986. The van der Waals surface area contributed by atoms with Crippen LogP contribution in [0.15, 0.2) is 9.52 Å². The van der Waals surface area contributed by atoms with Crippen molar-refractivity contribution in [2.75, 3.05) is 20.2 Å². The second-order valence-corrected chi connectivity index (χ2v) is 7.36. The molecule has 3 atom stereocenters. The molecule has 0 aliphatic carbocycles. The molecule has 2 rings (SSSR count). The van der Waals surface area contributed by atoms with Gasteiger partial charge in [0.05, 0.1) is 13.2 Å². The molecule has 1 aromatic rings. The summed E-state index contributed by atoms with van der Waals surface area (Å²) >= 11 is 0. The quantitative estimate of drug-likeness (QED) is 0.122. The van der Waals surface area contributed by atoms with Crippen molar-refractivity contribution in [3.05, 3.63) is 11.7 Å². The summed E-state index contributed by atoms with van der Waals surface area (Å²) in [5.41, 5.74) is 16.6. The lowest BCUT2D eigenvalue weighted by atomic mass is 10.1. The van der Waals surface area contributed by atoms with Gasteiger partial charge < -0.3 is 41.8 Å². The smallest absolute Gasteiger partial charge is 0.328 e. The number of nitrogens with zero attached hydrogens (tertiary/aromatic N) is 4. The van der Waals surface area contributed by atoms with Crippen molar-refractivity contribution in [1.29, 1.82) is 0 Å². The Balaban J connectivity index is 2.12. The molecule has 1 aromatic heterocycles. The van der Waals surface area contributed by atoms with Crippen LogP contribution in [0.2, 0.25) is 0 Å². The van der Waals surface area contributed by atoms with Crippen molar-refractivity contribution in [2.45, 2.75) is 56.7 Å². The van der Waals surface area contributed by atoms with E-state index in [-0.39, 0.29) is 30.5 Å². The number of likely N-dealkylation sites (tertiary alicyclic amines) is 1. The minimum Gasteiger partial charge on any atom is -0.481 e. The normalized spacial score (nSPS) is 17.4. The van der Waals surface area contributed by atoms with Crippen LogP contribution in [0.4, 0.5) is 4.79 Å². The number of rotatable bonds is 11. The zero-order valence-corrected chi connectivity index (χ0v) is 17.9.